The molecule has 3 heterocycles. The lowest BCUT2D eigenvalue weighted by Crippen LogP contribution is -2.54. The van der Waals surface area contributed by atoms with Gasteiger partial charge in [0.25, 0.3) is 0 Å². The second-order valence-corrected chi connectivity index (χ2v) is 6.84. The van der Waals surface area contributed by atoms with Gasteiger partial charge in [0.1, 0.15) is 18.7 Å². The quantitative estimate of drug-likeness (QED) is 0.833. The minimum atomic E-state index is -0.334. The van der Waals surface area contributed by atoms with Crippen LogP contribution in [0.4, 0.5) is 0 Å². The molecule has 0 N–H and O–H groups in total. The maximum absolute atomic E-state index is 13.1. The van der Waals surface area contributed by atoms with Gasteiger partial charge in [-0.05, 0) is 25.2 Å². The van der Waals surface area contributed by atoms with Gasteiger partial charge in [0.15, 0.2) is 0 Å². The van der Waals surface area contributed by atoms with Gasteiger partial charge < -0.3 is 9.80 Å². The van der Waals surface area contributed by atoms with Crippen molar-refractivity contribution in [2.75, 3.05) is 19.6 Å². The number of rotatable bonds is 4. The third-order valence-electron chi connectivity index (χ3n) is 4.85. The monoisotopic (exact) mass is 319 g/mol. The summed E-state index contributed by atoms with van der Waals surface area (Å²) >= 11 is 0. The average Bonchev–Trinajstić information content (AvgIpc) is 3.20. The first-order valence-electron chi connectivity index (χ1n) is 8.50. The predicted octanol–water partition coefficient (Wildman–Crippen LogP) is 1.09. The van der Waals surface area contributed by atoms with E-state index in [4.69, 9.17) is 0 Å². The van der Waals surface area contributed by atoms with Gasteiger partial charge in [-0.2, -0.15) is 5.10 Å². The van der Waals surface area contributed by atoms with E-state index in [9.17, 15) is 9.59 Å². The molecule has 0 spiro atoms. The van der Waals surface area contributed by atoms with Crippen LogP contribution in [0, 0.1) is 5.92 Å². The van der Waals surface area contributed by atoms with Crippen molar-refractivity contribution in [1.82, 2.24) is 24.6 Å². The van der Waals surface area contributed by atoms with Gasteiger partial charge in [-0.25, -0.2) is 9.67 Å². The van der Waals surface area contributed by atoms with Crippen molar-refractivity contribution in [3.63, 3.8) is 0 Å². The Morgan fingerprint density at radius 2 is 2.13 bits per heavy atom. The zero-order valence-electron chi connectivity index (χ0n) is 13.9. The second-order valence-electron chi connectivity index (χ2n) is 6.84. The summed E-state index contributed by atoms with van der Waals surface area (Å²) in [5.74, 6) is 0.318. The first-order valence-corrected chi connectivity index (χ1v) is 8.50. The molecule has 0 bridgehead atoms. The molecule has 2 fully saturated rings. The van der Waals surface area contributed by atoms with E-state index in [-0.39, 0.29) is 29.8 Å². The fraction of sp³-hybridized carbons (Fsp3) is 0.750. The number of nitrogens with zero attached hydrogens (tertiary/aromatic N) is 5. The molecule has 7 nitrogen and oxygen atoms in total. The Balaban J connectivity index is 1.73. The van der Waals surface area contributed by atoms with Crippen molar-refractivity contribution < 1.29 is 9.59 Å². The Morgan fingerprint density at radius 1 is 1.30 bits per heavy atom. The van der Waals surface area contributed by atoms with Crippen molar-refractivity contribution >= 4 is 11.8 Å². The molecule has 2 atom stereocenters. The molecule has 2 amide bonds. The summed E-state index contributed by atoms with van der Waals surface area (Å²) in [6.07, 6.45) is 6.62. The lowest BCUT2D eigenvalue weighted by atomic mass is 9.98. The smallest absolute Gasteiger partial charge is 0.245 e. The molecule has 0 aliphatic carbocycles. The molecule has 126 valence electrons. The molecule has 23 heavy (non-hydrogen) atoms. The van der Waals surface area contributed by atoms with E-state index in [1.807, 2.05) is 23.4 Å². The highest BCUT2D eigenvalue weighted by Gasteiger charge is 2.38. The minimum Gasteiger partial charge on any atom is -0.339 e. The zero-order valence-corrected chi connectivity index (χ0v) is 13.9. The van der Waals surface area contributed by atoms with E-state index in [2.05, 4.69) is 10.1 Å². The molecule has 2 aliphatic rings. The van der Waals surface area contributed by atoms with E-state index in [0.29, 0.717) is 19.5 Å². The Labute approximate surface area is 136 Å². The van der Waals surface area contributed by atoms with Crippen LogP contribution in [0.25, 0.3) is 0 Å². The van der Waals surface area contributed by atoms with Crippen LogP contribution in [-0.4, -0.2) is 62.1 Å². The topological polar surface area (TPSA) is 71.3 Å². The Hall–Kier alpha value is -1.92. The number of hydrogen-bond donors (Lipinski definition) is 0. The molecule has 0 aromatic carbocycles. The minimum absolute atomic E-state index is 0.0834. The average molecular weight is 319 g/mol. The van der Waals surface area contributed by atoms with Crippen LogP contribution < -0.4 is 0 Å². The lowest BCUT2D eigenvalue weighted by Gasteiger charge is -2.38. The van der Waals surface area contributed by atoms with Crippen molar-refractivity contribution in [2.45, 2.75) is 51.6 Å². The van der Waals surface area contributed by atoms with E-state index in [1.165, 1.54) is 6.33 Å². The first-order chi connectivity index (χ1) is 11.1. The SMILES string of the molecule is CC(C)[C@H](C(=O)N1CCC[C@@H](n2cncn2)C1)N1CCCC1=O. The van der Waals surface area contributed by atoms with Gasteiger partial charge in [-0.3, -0.25) is 9.59 Å². The molecular weight excluding hydrogens is 294 g/mol. The van der Waals surface area contributed by atoms with Gasteiger partial charge in [0.2, 0.25) is 11.8 Å². The van der Waals surface area contributed by atoms with Crippen molar-refractivity contribution in [3.05, 3.63) is 12.7 Å². The Morgan fingerprint density at radius 3 is 2.74 bits per heavy atom. The molecule has 2 saturated heterocycles. The normalized spacial score (nSPS) is 23.6. The van der Waals surface area contributed by atoms with Gasteiger partial charge in [-0.1, -0.05) is 13.8 Å². The molecule has 0 radical (unpaired) electrons. The second kappa shape index (κ2) is 6.68. The van der Waals surface area contributed by atoms with E-state index in [1.54, 1.807) is 11.2 Å². The van der Waals surface area contributed by atoms with Crippen LogP contribution >= 0.6 is 0 Å². The predicted molar refractivity (Wildman–Crippen MR) is 84.4 cm³/mol. The highest BCUT2D eigenvalue weighted by molar-refractivity contribution is 5.89. The summed E-state index contributed by atoms with van der Waals surface area (Å²) in [6.45, 7) is 6.15. The van der Waals surface area contributed by atoms with Crippen molar-refractivity contribution in [1.29, 1.82) is 0 Å². The van der Waals surface area contributed by atoms with Crippen LogP contribution in [0.3, 0.4) is 0 Å². The number of carbonyl (C=O) groups is 2. The number of amides is 2. The van der Waals surface area contributed by atoms with Crippen molar-refractivity contribution in [2.24, 2.45) is 5.92 Å². The zero-order chi connectivity index (χ0) is 16.4. The Bertz CT molecular complexity index is 557. The molecule has 1 aromatic heterocycles. The molecule has 3 rings (SSSR count). The molecule has 7 heteroatoms. The maximum atomic E-state index is 13.1. The number of carbonyl (C=O) groups excluding carboxylic acids is 2. The summed E-state index contributed by atoms with van der Waals surface area (Å²) in [5, 5.41) is 4.21. The Kier molecular flexibility index (Phi) is 4.63. The highest BCUT2D eigenvalue weighted by atomic mass is 16.2. The number of piperidine rings is 1. The first kappa shape index (κ1) is 16.0. The maximum Gasteiger partial charge on any atom is 0.245 e. The molecule has 1 aromatic rings. The number of likely N-dealkylation sites (tertiary alicyclic amines) is 2. The molecule has 0 unspecified atom stereocenters. The number of aromatic nitrogens is 3. The van der Waals surface area contributed by atoms with Crippen LogP contribution in [0.5, 0.6) is 0 Å². The largest absolute Gasteiger partial charge is 0.339 e. The number of hydrogen-bond acceptors (Lipinski definition) is 4. The molecule has 0 saturated carbocycles. The standard InChI is InChI=1S/C16H25N5O2/c1-12(2)15(20-8-4-6-14(20)22)16(23)19-7-3-5-13(9-19)21-11-17-10-18-21/h10-13,15H,3-9H2,1-2H3/t13-,15-/m1/s1. The lowest BCUT2D eigenvalue weighted by molar-refractivity contribution is -0.146. The third-order valence-corrected chi connectivity index (χ3v) is 4.85. The van der Waals surface area contributed by atoms with E-state index >= 15 is 0 Å². The van der Waals surface area contributed by atoms with E-state index in [0.717, 1.165) is 25.8 Å². The molecular formula is C16H25N5O2. The summed E-state index contributed by atoms with van der Waals surface area (Å²) < 4.78 is 1.84. The van der Waals surface area contributed by atoms with Crippen molar-refractivity contribution in [3.8, 4) is 0 Å². The summed E-state index contributed by atoms with van der Waals surface area (Å²) in [5.41, 5.74) is 0. The van der Waals surface area contributed by atoms with Crippen LogP contribution in [0.15, 0.2) is 12.7 Å². The highest BCUT2D eigenvalue weighted by Crippen LogP contribution is 2.25. The third kappa shape index (κ3) is 3.23. The van der Waals surface area contributed by atoms with E-state index < -0.39 is 0 Å². The summed E-state index contributed by atoms with van der Waals surface area (Å²) in [4.78, 5) is 32.9. The van der Waals surface area contributed by atoms with Crippen LogP contribution in [-0.2, 0) is 9.59 Å². The van der Waals surface area contributed by atoms with Crippen LogP contribution in [0.1, 0.15) is 45.6 Å². The van der Waals surface area contributed by atoms with Crippen LogP contribution in [0.2, 0.25) is 0 Å². The van der Waals surface area contributed by atoms with Gasteiger partial charge in [-0.15, -0.1) is 0 Å². The fourth-order valence-electron chi connectivity index (χ4n) is 3.71. The van der Waals surface area contributed by atoms with Gasteiger partial charge in [0.05, 0.1) is 6.04 Å². The van der Waals surface area contributed by atoms with Gasteiger partial charge in [0, 0.05) is 26.1 Å². The van der Waals surface area contributed by atoms with Gasteiger partial charge >= 0.3 is 0 Å². The fourth-order valence-corrected chi connectivity index (χ4v) is 3.71. The molecule has 2 aliphatic heterocycles. The summed E-state index contributed by atoms with van der Waals surface area (Å²) in [6, 6.07) is -0.156. The summed E-state index contributed by atoms with van der Waals surface area (Å²) in [7, 11) is 0.